The fourth-order valence-corrected chi connectivity index (χ4v) is 4.84. The summed E-state index contributed by atoms with van der Waals surface area (Å²) in [5, 5.41) is 1.99. The average molecular weight is 480 g/mol. The molecule has 0 unspecified atom stereocenters. The smallest absolute Gasteiger partial charge is 0.261 e. The van der Waals surface area contributed by atoms with Crippen LogP contribution >= 0.6 is 46.1 Å². The van der Waals surface area contributed by atoms with E-state index in [-0.39, 0.29) is 5.91 Å². The first-order valence-corrected chi connectivity index (χ1v) is 11.2. The highest BCUT2D eigenvalue weighted by molar-refractivity contribution is 7.23. The van der Waals surface area contributed by atoms with Crippen LogP contribution in [0.15, 0.2) is 49.1 Å². The Morgan fingerprint density at radius 1 is 1.17 bits per heavy atom. The maximum Gasteiger partial charge on any atom is 0.261 e. The van der Waals surface area contributed by atoms with E-state index >= 15 is 0 Å². The lowest BCUT2D eigenvalue weighted by atomic mass is 10.2. The molecule has 2 heterocycles. The van der Waals surface area contributed by atoms with E-state index in [4.69, 9.17) is 39.8 Å². The van der Waals surface area contributed by atoms with Gasteiger partial charge < -0.3 is 4.57 Å². The van der Waals surface area contributed by atoms with Crippen LogP contribution in [-0.2, 0) is 6.54 Å². The first-order valence-electron chi connectivity index (χ1n) is 9.22. The zero-order chi connectivity index (χ0) is 21.3. The van der Waals surface area contributed by atoms with Crippen LogP contribution in [0, 0.1) is 6.92 Å². The Morgan fingerprint density at radius 3 is 2.70 bits per heavy atom. The van der Waals surface area contributed by atoms with E-state index in [0.29, 0.717) is 38.7 Å². The largest absolute Gasteiger partial charge is 0.337 e. The van der Waals surface area contributed by atoms with E-state index < -0.39 is 0 Å². The van der Waals surface area contributed by atoms with Crippen LogP contribution in [-0.4, -0.2) is 27.0 Å². The van der Waals surface area contributed by atoms with Gasteiger partial charge in [0.25, 0.3) is 5.91 Å². The number of aryl methyl sites for hydroxylation is 2. The maximum absolute atomic E-state index is 13.5. The van der Waals surface area contributed by atoms with E-state index in [2.05, 4.69) is 4.98 Å². The predicted octanol–water partition coefficient (Wildman–Crippen LogP) is 6.50. The standard InChI is InChI=1S/C21H17Cl3N4OS/c1-13-3-5-17(24)19-18(13)26-21(30-19)28(9-2-8-27-10-7-25-12-27)20(29)15-11-14(22)4-6-16(15)23/h3-7,10-12H,2,8-9H2,1H3. The van der Waals surface area contributed by atoms with Crippen molar-refractivity contribution in [3.63, 3.8) is 0 Å². The molecule has 1 amide bonds. The SMILES string of the molecule is Cc1ccc(Cl)c2sc(N(CCCn3ccnc3)C(=O)c3cc(Cl)ccc3Cl)nc12. The van der Waals surface area contributed by atoms with Crippen molar-refractivity contribution in [1.29, 1.82) is 0 Å². The zero-order valence-corrected chi connectivity index (χ0v) is 19.1. The molecule has 30 heavy (non-hydrogen) atoms. The molecule has 5 nitrogen and oxygen atoms in total. The number of amides is 1. The molecule has 0 aliphatic carbocycles. The summed E-state index contributed by atoms with van der Waals surface area (Å²) in [5.74, 6) is -0.249. The quantitative estimate of drug-likeness (QED) is 0.317. The summed E-state index contributed by atoms with van der Waals surface area (Å²) < 4.78 is 2.82. The molecule has 0 saturated carbocycles. The van der Waals surface area contributed by atoms with E-state index in [9.17, 15) is 4.79 Å². The summed E-state index contributed by atoms with van der Waals surface area (Å²) in [7, 11) is 0. The number of hydrogen-bond donors (Lipinski definition) is 0. The number of halogens is 3. The van der Waals surface area contributed by atoms with E-state index in [0.717, 1.165) is 22.3 Å². The fourth-order valence-electron chi connectivity index (χ4n) is 3.13. The number of carbonyl (C=O) groups excluding carboxylic acids is 1. The lowest BCUT2D eigenvalue weighted by Crippen LogP contribution is -2.32. The Hall–Kier alpha value is -2.12. The number of thiazole rings is 1. The van der Waals surface area contributed by atoms with Crippen LogP contribution < -0.4 is 4.90 Å². The number of imidazole rings is 1. The van der Waals surface area contributed by atoms with Gasteiger partial charge >= 0.3 is 0 Å². The minimum atomic E-state index is -0.249. The number of nitrogens with zero attached hydrogens (tertiary/aromatic N) is 4. The summed E-state index contributed by atoms with van der Waals surface area (Å²) in [6.07, 6.45) is 6.08. The van der Waals surface area contributed by atoms with E-state index in [1.807, 2.05) is 29.8 Å². The van der Waals surface area contributed by atoms with Crippen LogP contribution in [0.2, 0.25) is 15.1 Å². The number of carbonyl (C=O) groups is 1. The van der Waals surface area contributed by atoms with Crippen LogP contribution in [0.3, 0.4) is 0 Å². The lowest BCUT2D eigenvalue weighted by molar-refractivity contribution is 0.0986. The molecule has 0 aliphatic rings. The first-order chi connectivity index (χ1) is 14.4. The molecule has 9 heteroatoms. The molecule has 0 N–H and O–H groups in total. The molecule has 0 spiro atoms. The molecule has 0 fully saturated rings. The van der Waals surface area contributed by atoms with Crippen molar-refractivity contribution < 1.29 is 4.79 Å². The van der Waals surface area contributed by atoms with Crippen LogP contribution in [0.1, 0.15) is 22.3 Å². The number of anilines is 1. The maximum atomic E-state index is 13.5. The summed E-state index contributed by atoms with van der Waals surface area (Å²) in [5.41, 5.74) is 2.14. The lowest BCUT2D eigenvalue weighted by Gasteiger charge is -2.21. The van der Waals surface area contributed by atoms with Gasteiger partial charge in [-0.2, -0.15) is 0 Å². The van der Waals surface area contributed by atoms with Crippen LogP contribution in [0.4, 0.5) is 5.13 Å². The van der Waals surface area contributed by atoms with Crippen molar-refractivity contribution in [2.75, 3.05) is 11.4 Å². The molecule has 2 aromatic heterocycles. The number of hydrogen-bond acceptors (Lipinski definition) is 4. The Bertz CT molecular complexity index is 1170. The highest BCUT2D eigenvalue weighted by Crippen LogP contribution is 2.36. The third-order valence-electron chi connectivity index (χ3n) is 4.68. The van der Waals surface area contributed by atoms with Gasteiger partial charge in [0.2, 0.25) is 0 Å². The van der Waals surface area contributed by atoms with Gasteiger partial charge in [0.05, 0.1) is 32.2 Å². The normalized spacial score (nSPS) is 11.2. The highest BCUT2D eigenvalue weighted by Gasteiger charge is 2.24. The third-order valence-corrected chi connectivity index (χ3v) is 6.78. The van der Waals surface area contributed by atoms with Crippen molar-refractivity contribution in [2.45, 2.75) is 19.9 Å². The Balaban J connectivity index is 1.71. The number of aromatic nitrogens is 3. The first kappa shape index (κ1) is 21.1. The molecule has 0 atom stereocenters. The van der Waals surface area contributed by atoms with Crippen LogP contribution in [0.5, 0.6) is 0 Å². The topological polar surface area (TPSA) is 51.0 Å². The molecule has 4 aromatic rings. The summed E-state index contributed by atoms with van der Waals surface area (Å²) >= 11 is 20.2. The molecule has 0 aliphatic heterocycles. The van der Waals surface area contributed by atoms with Gasteiger partial charge in [-0.1, -0.05) is 52.2 Å². The molecular formula is C21H17Cl3N4OS. The second-order valence-corrected chi connectivity index (χ2v) is 9.00. The summed E-state index contributed by atoms with van der Waals surface area (Å²) in [6.45, 7) is 3.15. The molecule has 4 rings (SSSR count). The fraction of sp³-hybridized carbons (Fsp3) is 0.190. The van der Waals surface area contributed by atoms with Gasteiger partial charge in [0.1, 0.15) is 0 Å². The van der Waals surface area contributed by atoms with Gasteiger partial charge in [-0.15, -0.1) is 0 Å². The van der Waals surface area contributed by atoms with Gasteiger partial charge in [-0.3, -0.25) is 9.69 Å². The van der Waals surface area contributed by atoms with Gasteiger partial charge in [-0.05, 0) is 43.2 Å². The minimum absolute atomic E-state index is 0.249. The van der Waals surface area contributed by atoms with Crippen molar-refractivity contribution >= 4 is 67.4 Å². The van der Waals surface area contributed by atoms with Gasteiger partial charge in [-0.25, -0.2) is 9.97 Å². The summed E-state index contributed by atoms with van der Waals surface area (Å²) in [4.78, 5) is 23.9. The second-order valence-electron chi connectivity index (χ2n) is 6.77. The second kappa shape index (κ2) is 8.94. The molecule has 2 aromatic carbocycles. The molecule has 0 radical (unpaired) electrons. The van der Waals surface area contributed by atoms with Gasteiger partial charge in [0.15, 0.2) is 5.13 Å². The van der Waals surface area contributed by atoms with Crippen molar-refractivity contribution in [3.05, 3.63) is 75.2 Å². The van der Waals surface area contributed by atoms with Crippen molar-refractivity contribution in [1.82, 2.24) is 14.5 Å². The average Bonchev–Trinajstić information content (AvgIpc) is 3.40. The minimum Gasteiger partial charge on any atom is -0.337 e. The van der Waals surface area contributed by atoms with E-state index in [1.54, 1.807) is 35.6 Å². The van der Waals surface area contributed by atoms with Crippen molar-refractivity contribution in [3.8, 4) is 0 Å². The van der Waals surface area contributed by atoms with E-state index in [1.165, 1.54) is 11.3 Å². The monoisotopic (exact) mass is 478 g/mol. The Kier molecular flexibility index (Phi) is 6.29. The Morgan fingerprint density at radius 2 is 1.97 bits per heavy atom. The van der Waals surface area contributed by atoms with Crippen LogP contribution in [0.25, 0.3) is 10.2 Å². The number of fused-ring (bicyclic) bond motifs is 1. The van der Waals surface area contributed by atoms with Gasteiger partial charge in [0, 0.05) is 30.5 Å². The third kappa shape index (κ3) is 4.32. The molecular weight excluding hydrogens is 463 g/mol. The number of benzene rings is 2. The molecule has 154 valence electrons. The van der Waals surface area contributed by atoms with Crippen molar-refractivity contribution in [2.24, 2.45) is 0 Å². The molecule has 0 bridgehead atoms. The zero-order valence-electron chi connectivity index (χ0n) is 16.0. The molecule has 0 saturated heterocycles. The summed E-state index contributed by atoms with van der Waals surface area (Å²) in [6, 6.07) is 8.64. The highest BCUT2D eigenvalue weighted by atomic mass is 35.5. The predicted molar refractivity (Wildman–Crippen MR) is 124 cm³/mol. The number of rotatable bonds is 6. The Labute approximate surface area is 192 Å².